The molecule has 4 aromatic carbocycles. The first-order valence-corrected chi connectivity index (χ1v) is 14.2. The van der Waals surface area contributed by atoms with Gasteiger partial charge in [0.25, 0.3) is 0 Å². The van der Waals surface area contributed by atoms with Crippen LogP contribution >= 0.6 is 31.9 Å². The molecule has 4 aromatic rings. The molecule has 0 heterocycles. The first-order valence-electron chi connectivity index (χ1n) is 12.6. The summed E-state index contributed by atoms with van der Waals surface area (Å²) < 4.78 is 20.4. The molecule has 0 N–H and O–H groups in total. The van der Waals surface area contributed by atoms with Gasteiger partial charge >= 0.3 is 0 Å². The summed E-state index contributed by atoms with van der Waals surface area (Å²) in [7, 11) is 0. The third kappa shape index (κ3) is 8.36. The molecule has 0 aliphatic rings. The molecule has 0 aromatic heterocycles. The summed E-state index contributed by atoms with van der Waals surface area (Å²) in [6, 6.07) is 33.9. The molecule has 0 saturated carbocycles. The normalized spacial score (nSPS) is 12.9. The van der Waals surface area contributed by atoms with E-state index in [2.05, 4.69) is 129 Å². The fourth-order valence-electron chi connectivity index (χ4n) is 4.17. The van der Waals surface area contributed by atoms with E-state index in [1.54, 1.807) is 0 Å². The maximum absolute atomic E-state index is 6.34. The van der Waals surface area contributed by atoms with Crippen molar-refractivity contribution in [2.45, 2.75) is 39.3 Å². The molecule has 0 aliphatic heterocycles. The average molecular weight is 624 g/mol. The van der Waals surface area contributed by atoms with Gasteiger partial charge < -0.3 is 14.2 Å². The van der Waals surface area contributed by atoms with Gasteiger partial charge in [-0.05, 0) is 71.5 Å². The van der Waals surface area contributed by atoms with Gasteiger partial charge in [-0.2, -0.15) is 0 Å². The number of hydrogen-bond acceptors (Lipinski definition) is 3. The molecule has 0 saturated heterocycles. The Hall–Kier alpha value is -2.28. The van der Waals surface area contributed by atoms with E-state index in [1.165, 1.54) is 22.3 Å². The van der Waals surface area contributed by atoms with E-state index in [4.69, 9.17) is 14.2 Å². The molecule has 0 fully saturated rings. The molecule has 0 aliphatic carbocycles. The van der Waals surface area contributed by atoms with Crippen molar-refractivity contribution in [3.05, 3.63) is 117 Å². The maximum atomic E-state index is 6.34. The third-order valence-corrected chi connectivity index (χ3v) is 7.13. The minimum atomic E-state index is -0.387. The van der Waals surface area contributed by atoms with Gasteiger partial charge in [0.05, 0.1) is 0 Å². The number of benzene rings is 4. The summed E-state index contributed by atoms with van der Waals surface area (Å²) >= 11 is 7.00. The summed E-state index contributed by atoms with van der Waals surface area (Å²) in [5, 5.41) is 0. The molecule has 0 spiro atoms. The second-order valence-corrected chi connectivity index (χ2v) is 10.6. The van der Waals surface area contributed by atoms with Crippen molar-refractivity contribution >= 4 is 31.9 Å². The molecule has 37 heavy (non-hydrogen) atoms. The van der Waals surface area contributed by atoms with Crippen molar-refractivity contribution < 1.29 is 14.2 Å². The maximum Gasteiger partial charge on any atom is 0.164 e. The highest BCUT2D eigenvalue weighted by Gasteiger charge is 2.19. The number of ether oxygens (including phenoxy) is 3. The predicted molar refractivity (Wildman–Crippen MR) is 158 cm³/mol. The van der Waals surface area contributed by atoms with Gasteiger partial charge in [0, 0.05) is 35.0 Å². The molecular weight excluding hydrogens is 592 g/mol. The fourth-order valence-corrected chi connectivity index (χ4v) is 4.70. The van der Waals surface area contributed by atoms with Crippen LogP contribution in [-0.4, -0.2) is 25.8 Å². The standard InChI is InChI=1S/C32H32Br2O3/c1-3-35-31(21-23-5-9-25(10-6-23)27-13-17-29(33)18-14-27)37-32(36-4-2)22-24-7-11-26(12-8-24)28-15-19-30(34)20-16-28/h5-20,31-32H,3-4,21-22H2,1-2H3. The zero-order valence-electron chi connectivity index (χ0n) is 21.2. The molecule has 0 bridgehead atoms. The number of rotatable bonds is 12. The topological polar surface area (TPSA) is 27.7 Å². The lowest BCUT2D eigenvalue weighted by Gasteiger charge is -2.25. The van der Waals surface area contributed by atoms with Crippen LogP contribution in [0.15, 0.2) is 106 Å². The monoisotopic (exact) mass is 622 g/mol. The highest BCUT2D eigenvalue weighted by atomic mass is 79.9. The lowest BCUT2D eigenvalue weighted by Crippen LogP contribution is -2.30. The average Bonchev–Trinajstić information content (AvgIpc) is 2.91. The van der Waals surface area contributed by atoms with Gasteiger partial charge in [0.15, 0.2) is 12.6 Å². The molecule has 192 valence electrons. The van der Waals surface area contributed by atoms with E-state index >= 15 is 0 Å². The van der Waals surface area contributed by atoms with Gasteiger partial charge in [-0.15, -0.1) is 0 Å². The summed E-state index contributed by atoms with van der Waals surface area (Å²) in [5.41, 5.74) is 7.07. The molecule has 0 radical (unpaired) electrons. The van der Waals surface area contributed by atoms with Crippen molar-refractivity contribution in [1.29, 1.82) is 0 Å². The molecule has 2 atom stereocenters. The third-order valence-electron chi connectivity index (χ3n) is 6.08. The van der Waals surface area contributed by atoms with Crippen molar-refractivity contribution in [3.63, 3.8) is 0 Å². The van der Waals surface area contributed by atoms with Crippen LogP contribution in [0.4, 0.5) is 0 Å². The minimum absolute atomic E-state index is 0.387. The van der Waals surface area contributed by atoms with Crippen LogP contribution in [0, 0.1) is 0 Å². The van der Waals surface area contributed by atoms with E-state index in [0.717, 1.165) is 20.1 Å². The zero-order chi connectivity index (χ0) is 26.0. The van der Waals surface area contributed by atoms with Crippen LogP contribution in [-0.2, 0) is 27.1 Å². The van der Waals surface area contributed by atoms with Gasteiger partial charge in [-0.1, -0.05) is 105 Å². The summed E-state index contributed by atoms with van der Waals surface area (Å²) in [6.07, 6.45) is 0.533. The van der Waals surface area contributed by atoms with Gasteiger partial charge in [0.2, 0.25) is 0 Å². The second-order valence-electron chi connectivity index (χ2n) is 8.72. The Morgan fingerprint density at radius 2 is 0.784 bits per heavy atom. The Bertz CT molecular complexity index is 1120. The van der Waals surface area contributed by atoms with Crippen LogP contribution < -0.4 is 0 Å². The molecular formula is C32H32Br2O3. The lowest BCUT2D eigenvalue weighted by molar-refractivity contribution is -0.241. The highest BCUT2D eigenvalue weighted by molar-refractivity contribution is 9.10. The lowest BCUT2D eigenvalue weighted by atomic mass is 10.0. The van der Waals surface area contributed by atoms with Gasteiger partial charge in [-0.25, -0.2) is 0 Å². The van der Waals surface area contributed by atoms with Gasteiger partial charge in [0.1, 0.15) is 0 Å². The van der Waals surface area contributed by atoms with E-state index in [1.807, 2.05) is 13.8 Å². The molecule has 5 heteroatoms. The summed E-state index contributed by atoms with van der Waals surface area (Å²) in [5.74, 6) is 0. The quantitative estimate of drug-likeness (QED) is 0.147. The Morgan fingerprint density at radius 1 is 0.486 bits per heavy atom. The highest BCUT2D eigenvalue weighted by Crippen LogP contribution is 2.25. The Kier molecular flexibility index (Phi) is 10.5. The van der Waals surface area contributed by atoms with E-state index < -0.39 is 0 Å². The van der Waals surface area contributed by atoms with Crippen LogP contribution in [0.5, 0.6) is 0 Å². The Morgan fingerprint density at radius 3 is 1.08 bits per heavy atom. The predicted octanol–water partition coefficient (Wildman–Crippen LogP) is 9.07. The van der Waals surface area contributed by atoms with Crippen molar-refractivity contribution in [1.82, 2.24) is 0 Å². The molecule has 2 unspecified atom stereocenters. The zero-order valence-corrected chi connectivity index (χ0v) is 24.4. The van der Waals surface area contributed by atoms with Crippen LogP contribution in [0.1, 0.15) is 25.0 Å². The van der Waals surface area contributed by atoms with E-state index in [9.17, 15) is 0 Å². The van der Waals surface area contributed by atoms with Crippen LogP contribution in [0.2, 0.25) is 0 Å². The van der Waals surface area contributed by atoms with E-state index in [-0.39, 0.29) is 12.6 Å². The molecule has 4 rings (SSSR count). The van der Waals surface area contributed by atoms with Crippen molar-refractivity contribution in [3.8, 4) is 22.3 Å². The van der Waals surface area contributed by atoms with Crippen molar-refractivity contribution in [2.24, 2.45) is 0 Å². The molecule has 0 amide bonds. The second kappa shape index (κ2) is 14.0. The first-order chi connectivity index (χ1) is 18.0. The van der Waals surface area contributed by atoms with E-state index in [0.29, 0.717) is 26.1 Å². The van der Waals surface area contributed by atoms with Crippen molar-refractivity contribution in [2.75, 3.05) is 13.2 Å². The first kappa shape index (κ1) is 27.7. The SMILES string of the molecule is CCOC(Cc1ccc(-c2ccc(Br)cc2)cc1)OC(Cc1ccc(-c2ccc(Br)cc2)cc1)OCC. The largest absolute Gasteiger partial charge is 0.352 e. The van der Waals surface area contributed by atoms with Crippen LogP contribution in [0.25, 0.3) is 22.3 Å². The minimum Gasteiger partial charge on any atom is -0.352 e. The summed E-state index contributed by atoms with van der Waals surface area (Å²) in [6.45, 7) is 5.12. The van der Waals surface area contributed by atoms with Crippen LogP contribution in [0.3, 0.4) is 0 Å². The Balaban J connectivity index is 1.40. The fraction of sp³-hybridized carbons (Fsp3) is 0.250. The van der Waals surface area contributed by atoms with Gasteiger partial charge in [-0.3, -0.25) is 0 Å². The Labute approximate surface area is 237 Å². The summed E-state index contributed by atoms with van der Waals surface area (Å²) in [4.78, 5) is 0. The number of halogens is 2. The smallest absolute Gasteiger partial charge is 0.164 e. The number of hydrogen-bond donors (Lipinski definition) is 0. The molecule has 3 nitrogen and oxygen atoms in total.